The second-order valence-electron chi connectivity index (χ2n) is 5.88. The first-order chi connectivity index (χ1) is 11.4. The number of unbranched alkanes of at least 4 members (excludes halogenated alkanes) is 1. The smallest absolute Gasteiger partial charge is 0.281 e. The number of halogens is 1. The number of piperazine rings is 1. The maximum Gasteiger partial charge on any atom is 0.281 e. The van der Waals surface area contributed by atoms with E-state index in [1.807, 2.05) is 6.92 Å². The van der Waals surface area contributed by atoms with Gasteiger partial charge in [-0.1, -0.05) is 13.3 Å². The summed E-state index contributed by atoms with van der Waals surface area (Å²) < 4.78 is 40.7. The summed E-state index contributed by atoms with van der Waals surface area (Å²) in [6.07, 6.45) is 1.75. The van der Waals surface area contributed by atoms with E-state index in [-0.39, 0.29) is 19.0 Å². The molecule has 1 aromatic carbocycles. The second-order valence-corrected chi connectivity index (χ2v) is 7.92. The van der Waals surface area contributed by atoms with Crippen molar-refractivity contribution in [2.75, 3.05) is 39.8 Å². The Labute approximate surface area is 143 Å². The lowest BCUT2D eigenvalue weighted by atomic mass is 10.2. The Morgan fingerprint density at radius 3 is 2.29 bits per heavy atom. The SMILES string of the molecule is CCCCN(C)S(=O)(=O)N1CCN(C(=O)c2ccc(F)cc2)CC1. The maximum absolute atomic E-state index is 12.9. The fourth-order valence-corrected chi connectivity index (χ4v) is 3.97. The largest absolute Gasteiger partial charge is 0.336 e. The Bertz CT molecular complexity index is 656. The normalized spacial score (nSPS) is 16.6. The molecule has 0 radical (unpaired) electrons. The predicted octanol–water partition coefficient (Wildman–Crippen LogP) is 1.56. The molecule has 6 nitrogen and oxygen atoms in total. The minimum Gasteiger partial charge on any atom is -0.336 e. The van der Waals surface area contributed by atoms with Gasteiger partial charge in [0.15, 0.2) is 0 Å². The number of carbonyl (C=O) groups excluding carboxylic acids is 1. The zero-order chi connectivity index (χ0) is 17.7. The molecule has 0 atom stereocenters. The molecule has 1 fully saturated rings. The molecule has 2 rings (SSSR count). The van der Waals surface area contributed by atoms with Crippen LogP contribution < -0.4 is 0 Å². The summed E-state index contributed by atoms with van der Waals surface area (Å²) in [6.45, 7) is 3.71. The van der Waals surface area contributed by atoms with Gasteiger partial charge in [0.25, 0.3) is 16.1 Å². The van der Waals surface area contributed by atoms with Gasteiger partial charge in [-0.3, -0.25) is 4.79 Å². The lowest BCUT2D eigenvalue weighted by molar-refractivity contribution is 0.0694. The van der Waals surface area contributed by atoms with Gasteiger partial charge in [-0.2, -0.15) is 17.0 Å². The van der Waals surface area contributed by atoms with Crippen molar-refractivity contribution in [2.45, 2.75) is 19.8 Å². The Balaban J connectivity index is 1.95. The van der Waals surface area contributed by atoms with Crippen LogP contribution in [0.25, 0.3) is 0 Å². The number of amides is 1. The van der Waals surface area contributed by atoms with E-state index in [1.54, 1.807) is 11.9 Å². The topological polar surface area (TPSA) is 60.9 Å². The molecule has 1 aliphatic rings. The third kappa shape index (κ3) is 4.31. The quantitative estimate of drug-likeness (QED) is 0.776. The summed E-state index contributed by atoms with van der Waals surface area (Å²) in [5.41, 5.74) is 0.410. The molecule has 134 valence electrons. The number of hydrogen-bond donors (Lipinski definition) is 0. The van der Waals surface area contributed by atoms with Crippen molar-refractivity contribution >= 4 is 16.1 Å². The van der Waals surface area contributed by atoms with Gasteiger partial charge in [0.1, 0.15) is 5.82 Å². The molecule has 24 heavy (non-hydrogen) atoms. The lowest BCUT2D eigenvalue weighted by Crippen LogP contribution is -2.53. The molecule has 0 saturated carbocycles. The molecule has 1 aromatic rings. The molecule has 1 amide bonds. The second kappa shape index (κ2) is 8.04. The van der Waals surface area contributed by atoms with E-state index >= 15 is 0 Å². The molecule has 0 N–H and O–H groups in total. The molecule has 0 aromatic heterocycles. The van der Waals surface area contributed by atoms with Gasteiger partial charge in [0.2, 0.25) is 0 Å². The van der Waals surface area contributed by atoms with Crippen LogP contribution in [-0.4, -0.2) is 67.6 Å². The van der Waals surface area contributed by atoms with Crippen molar-refractivity contribution in [1.82, 2.24) is 13.5 Å². The van der Waals surface area contributed by atoms with Crippen molar-refractivity contribution in [3.63, 3.8) is 0 Å². The first-order valence-electron chi connectivity index (χ1n) is 8.12. The minimum atomic E-state index is -3.47. The zero-order valence-electron chi connectivity index (χ0n) is 14.1. The molecule has 0 aliphatic carbocycles. The summed E-state index contributed by atoms with van der Waals surface area (Å²) in [4.78, 5) is 14.0. The highest BCUT2D eigenvalue weighted by molar-refractivity contribution is 7.86. The molecule has 1 saturated heterocycles. The van der Waals surface area contributed by atoms with Crippen molar-refractivity contribution in [3.8, 4) is 0 Å². The minimum absolute atomic E-state index is 0.202. The molecule has 0 unspecified atom stereocenters. The van der Waals surface area contributed by atoms with Gasteiger partial charge in [0, 0.05) is 45.3 Å². The number of nitrogens with zero attached hydrogens (tertiary/aromatic N) is 3. The molecular formula is C16H24FN3O3S. The summed E-state index contributed by atoms with van der Waals surface area (Å²) in [5, 5.41) is 0. The van der Waals surface area contributed by atoms with E-state index in [4.69, 9.17) is 0 Å². The van der Waals surface area contributed by atoms with Gasteiger partial charge in [-0.15, -0.1) is 0 Å². The molecule has 0 spiro atoms. The summed E-state index contributed by atoms with van der Waals surface area (Å²) >= 11 is 0. The summed E-state index contributed by atoms with van der Waals surface area (Å²) in [5.74, 6) is -0.594. The third-order valence-electron chi connectivity index (χ3n) is 4.16. The number of rotatable bonds is 6. The van der Waals surface area contributed by atoms with Gasteiger partial charge in [0.05, 0.1) is 0 Å². The Hall–Kier alpha value is -1.51. The standard InChI is InChI=1S/C16H24FN3O3S/c1-3-4-9-18(2)24(22,23)20-12-10-19(11-13-20)16(21)14-5-7-15(17)8-6-14/h5-8H,3-4,9-13H2,1-2H3. The fraction of sp³-hybridized carbons (Fsp3) is 0.562. The first-order valence-corrected chi connectivity index (χ1v) is 9.52. The highest BCUT2D eigenvalue weighted by Gasteiger charge is 2.31. The van der Waals surface area contributed by atoms with Crippen LogP contribution in [0.3, 0.4) is 0 Å². The van der Waals surface area contributed by atoms with E-state index in [9.17, 15) is 17.6 Å². The average Bonchev–Trinajstić information content (AvgIpc) is 2.59. The van der Waals surface area contributed by atoms with E-state index in [2.05, 4.69) is 0 Å². The van der Waals surface area contributed by atoms with Gasteiger partial charge in [-0.05, 0) is 30.7 Å². The highest BCUT2D eigenvalue weighted by Crippen LogP contribution is 2.14. The van der Waals surface area contributed by atoms with Crippen LogP contribution in [0.2, 0.25) is 0 Å². The summed E-state index contributed by atoms with van der Waals surface area (Å²) in [7, 11) is -1.89. The van der Waals surface area contributed by atoms with Crippen LogP contribution in [0, 0.1) is 5.82 Å². The van der Waals surface area contributed by atoms with Crippen molar-refractivity contribution in [2.24, 2.45) is 0 Å². The van der Waals surface area contributed by atoms with E-state index < -0.39 is 16.0 Å². The van der Waals surface area contributed by atoms with Crippen LogP contribution in [0.5, 0.6) is 0 Å². The molecule has 0 bridgehead atoms. The van der Waals surface area contributed by atoms with Gasteiger partial charge < -0.3 is 4.90 Å². The fourth-order valence-electron chi connectivity index (χ4n) is 2.59. The Kier molecular flexibility index (Phi) is 6.31. The maximum atomic E-state index is 12.9. The van der Waals surface area contributed by atoms with Crippen LogP contribution >= 0.6 is 0 Å². The van der Waals surface area contributed by atoms with Crippen LogP contribution in [-0.2, 0) is 10.2 Å². The van der Waals surface area contributed by atoms with E-state index in [1.165, 1.54) is 32.9 Å². The van der Waals surface area contributed by atoms with Crippen molar-refractivity contribution < 1.29 is 17.6 Å². The van der Waals surface area contributed by atoms with Crippen molar-refractivity contribution in [1.29, 1.82) is 0 Å². The molecule has 8 heteroatoms. The Morgan fingerprint density at radius 2 is 1.75 bits per heavy atom. The van der Waals surface area contributed by atoms with Crippen LogP contribution in [0.1, 0.15) is 30.1 Å². The third-order valence-corrected chi connectivity index (χ3v) is 6.15. The number of carbonyl (C=O) groups is 1. The molecule has 1 aliphatic heterocycles. The molecular weight excluding hydrogens is 333 g/mol. The summed E-state index contributed by atoms with van der Waals surface area (Å²) in [6, 6.07) is 5.38. The predicted molar refractivity (Wildman–Crippen MR) is 90.3 cm³/mol. The monoisotopic (exact) mass is 357 g/mol. The van der Waals surface area contributed by atoms with E-state index in [0.717, 1.165) is 12.8 Å². The number of benzene rings is 1. The first kappa shape index (κ1) is 18.8. The van der Waals surface area contributed by atoms with Gasteiger partial charge in [-0.25, -0.2) is 4.39 Å². The van der Waals surface area contributed by atoms with Crippen molar-refractivity contribution in [3.05, 3.63) is 35.6 Å². The zero-order valence-corrected chi connectivity index (χ0v) is 14.9. The van der Waals surface area contributed by atoms with Crippen LogP contribution in [0.15, 0.2) is 24.3 Å². The van der Waals surface area contributed by atoms with E-state index in [0.29, 0.717) is 25.2 Å². The lowest BCUT2D eigenvalue weighted by Gasteiger charge is -2.35. The van der Waals surface area contributed by atoms with Gasteiger partial charge >= 0.3 is 0 Å². The van der Waals surface area contributed by atoms with Crippen LogP contribution in [0.4, 0.5) is 4.39 Å². The average molecular weight is 357 g/mol. The highest BCUT2D eigenvalue weighted by atomic mass is 32.2. The number of hydrogen-bond acceptors (Lipinski definition) is 3. The Morgan fingerprint density at radius 1 is 1.17 bits per heavy atom. The molecule has 1 heterocycles.